The summed E-state index contributed by atoms with van der Waals surface area (Å²) in [7, 11) is 0. The predicted octanol–water partition coefficient (Wildman–Crippen LogP) is 2.95. The molecule has 0 aromatic rings. The molecule has 0 aromatic carbocycles. The molecule has 2 rings (SSSR count). The third-order valence-electron chi connectivity index (χ3n) is 3.75. The van der Waals surface area contributed by atoms with Crippen molar-refractivity contribution in [1.29, 1.82) is 0 Å². The Labute approximate surface area is 82.3 Å². The summed E-state index contributed by atoms with van der Waals surface area (Å²) in [6.07, 6.45) is 10.3. The highest BCUT2D eigenvalue weighted by Gasteiger charge is 2.32. The van der Waals surface area contributed by atoms with E-state index in [0.29, 0.717) is 0 Å². The molecule has 2 aliphatic rings. The van der Waals surface area contributed by atoms with Gasteiger partial charge in [-0.2, -0.15) is 0 Å². The van der Waals surface area contributed by atoms with Crippen LogP contribution in [0.4, 0.5) is 0 Å². The standard InChI is InChI=1S/C12H23N/c1-10-8-12(10)13-9-11-6-4-2-3-5-7-11/h10-13H,2-9H2,1H3. The Balaban J connectivity index is 1.62. The van der Waals surface area contributed by atoms with Crippen molar-refractivity contribution >= 4 is 0 Å². The predicted molar refractivity (Wildman–Crippen MR) is 56.8 cm³/mol. The lowest BCUT2D eigenvalue weighted by molar-refractivity contribution is 0.420. The first-order valence-electron chi connectivity index (χ1n) is 6.09. The van der Waals surface area contributed by atoms with Gasteiger partial charge in [-0.3, -0.25) is 0 Å². The lowest BCUT2D eigenvalue weighted by Crippen LogP contribution is -2.25. The summed E-state index contributed by atoms with van der Waals surface area (Å²) < 4.78 is 0. The Hall–Kier alpha value is -0.0400. The molecule has 0 saturated heterocycles. The van der Waals surface area contributed by atoms with Crippen molar-refractivity contribution in [2.45, 2.75) is 57.9 Å². The van der Waals surface area contributed by atoms with Gasteiger partial charge in [0.25, 0.3) is 0 Å². The molecule has 0 bridgehead atoms. The van der Waals surface area contributed by atoms with E-state index >= 15 is 0 Å². The van der Waals surface area contributed by atoms with E-state index in [1.54, 1.807) is 0 Å². The van der Waals surface area contributed by atoms with Crippen molar-refractivity contribution in [3.05, 3.63) is 0 Å². The molecule has 2 atom stereocenters. The molecule has 1 heteroatoms. The van der Waals surface area contributed by atoms with E-state index < -0.39 is 0 Å². The SMILES string of the molecule is CC1CC1NCC1CCCCCC1. The minimum Gasteiger partial charge on any atom is -0.313 e. The fourth-order valence-corrected chi connectivity index (χ4v) is 2.49. The smallest absolute Gasteiger partial charge is 0.00965 e. The Morgan fingerprint density at radius 3 is 2.23 bits per heavy atom. The average Bonchev–Trinajstić information content (AvgIpc) is 2.85. The van der Waals surface area contributed by atoms with Crippen LogP contribution < -0.4 is 5.32 Å². The highest BCUT2D eigenvalue weighted by molar-refractivity contribution is 4.90. The van der Waals surface area contributed by atoms with E-state index in [0.717, 1.165) is 17.9 Å². The summed E-state index contributed by atoms with van der Waals surface area (Å²) in [6.45, 7) is 3.65. The molecule has 0 aromatic heterocycles. The van der Waals surface area contributed by atoms with Crippen molar-refractivity contribution < 1.29 is 0 Å². The van der Waals surface area contributed by atoms with Gasteiger partial charge in [0.15, 0.2) is 0 Å². The highest BCUT2D eigenvalue weighted by atomic mass is 15.0. The molecule has 2 fully saturated rings. The largest absolute Gasteiger partial charge is 0.313 e. The lowest BCUT2D eigenvalue weighted by atomic mass is 10.0. The molecule has 0 aliphatic heterocycles. The molecular weight excluding hydrogens is 158 g/mol. The van der Waals surface area contributed by atoms with Crippen molar-refractivity contribution in [1.82, 2.24) is 5.32 Å². The van der Waals surface area contributed by atoms with Gasteiger partial charge in [-0.15, -0.1) is 0 Å². The van der Waals surface area contributed by atoms with E-state index in [-0.39, 0.29) is 0 Å². The van der Waals surface area contributed by atoms with Gasteiger partial charge in [-0.25, -0.2) is 0 Å². The second-order valence-electron chi connectivity index (χ2n) is 5.09. The van der Waals surface area contributed by atoms with Crippen LogP contribution in [-0.4, -0.2) is 12.6 Å². The quantitative estimate of drug-likeness (QED) is 0.660. The first-order valence-corrected chi connectivity index (χ1v) is 6.09. The van der Waals surface area contributed by atoms with Gasteiger partial charge in [0.2, 0.25) is 0 Å². The molecule has 1 nitrogen and oxygen atoms in total. The van der Waals surface area contributed by atoms with Gasteiger partial charge in [0.1, 0.15) is 0 Å². The van der Waals surface area contributed by atoms with Gasteiger partial charge in [0, 0.05) is 6.04 Å². The number of hydrogen-bond acceptors (Lipinski definition) is 1. The fraction of sp³-hybridized carbons (Fsp3) is 1.00. The maximum atomic E-state index is 3.70. The van der Waals surface area contributed by atoms with Crippen molar-refractivity contribution in [2.24, 2.45) is 11.8 Å². The molecular formula is C12H23N. The summed E-state index contributed by atoms with van der Waals surface area (Å²) in [5.41, 5.74) is 0. The Morgan fingerprint density at radius 1 is 1.08 bits per heavy atom. The second kappa shape index (κ2) is 4.45. The van der Waals surface area contributed by atoms with Crippen LogP contribution in [0, 0.1) is 11.8 Å². The molecule has 1 N–H and O–H groups in total. The van der Waals surface area contributed by atoms with Crippen LogP contribution >= 0.6 is 0 Å². The molecule has 0 spiro atoms. The van der Waals surface area contributed by atoms with Gasteiger partial charge >= 0.3 is 0 Å². The lowest BCUT2D eigenvalue weighted by Gasteiger charge is -2.14. The first-order chi connectivity index (χ1) is 6.36. The van der Waals surface area contributed by atoms with E-state index in [1.165, 1.54) is 51.5 Å². The Morgan fingerprint density at radius 2 is 1.69 bits per heavy atom. The maximum Gasteiger partial charge on any atom is 0.00965 e. The third kappa shape index (κ3) is 2.98. The fourth-order valence-electron chi connectivity index (χ4n) is 2.49. The summed E-state index contributed by atoms with van der Waals surface area (Å²) in [6, 6.07) is 0.878. The zero-order chi connectivity index (χ0) is 9.10. The molecule has 13 heavy (non-hydrogen) atoms. The van der Waals surface area contributed by atoms with Crippen LogP contribution in [0.1, 0.15) is 51.9 Å². The van der Waals surface area contributed by atoms with Gasteiger partial charge in [-0.1, -0.05) is 32.6 Å². The van der Waals surface area contributed by atoms with Crippen molar-refractivity contribution in [3.63, 3.8) is 0 Å². The van der Waals surface area contributed by atoms with Crippen LogP contribution in [0.3, 0.4) is 0 Å². The van der Waals surface area contributed by atoms with Gasteiger partial charge in [-0.05, 0) is 37.6 Å². The molecule has 76 valence electrons. The minimum absolute atomic E-state index is 0.878. The van der Waals surface area contributed by atoms with Crippen LogP contribution in [0.25, 0.3) is 0 Å². The monoisotopic (exact) mass is 181 g/mol. The zero-order valence-electron chi connectivity index (χ0n) is 8.89. The van der Waals surface area contributed by atoms with E-state index in [4.69, 9.17) is 0 Å². The van der Waals surface area contributed by atoms with Crippen LogP contribution in [-0.2, 0) is 0 Å². The Kier molecular flexibility index (Phi) is 3.26. The minimum atomic E-state index is 0.878. The molecule has 0 radical (unpaired) electrons. The third-order valence-corrected chi connectivity index (χ3v) is 3.75. The number of nitrogens with one attached hydrogen (secondary N) is 1. The summed E-state index contributed by atoms with van der Waals surface area (Å²) >= 11 is 0. The van der Waals surface area contributed by atoms with Crippen LogP contribution in [0.2, 0.25) is 0 Å². The molecule has 0 amide bonds. The van der Waals surface area contributed by atoms with Crippen LogP contribution in [0.15, 0.2) is 0 Å². The molecule has 2 aliphatic carbocycles. The van der Waals surface area contributed by atoms with Crippen LogP contribution in [0.5, 0.6) is 0 Å². The first kappa shape index (κ1) is 9.51. The van der Waals surface area contributed by atoms with E-state index in [2.05, 4.69) is 12.2 Å². The molecule has 2 saturated carbocycles. The molecule has 2 unspecified atom stereocenters. The van der Waals surface area contributed by atoms with E-state index in [1.807, 2.05) is 0 Å². The maximum absolute atomic E-state index is 3.70. The Bertz CT molecular complexity index is 147. The molecule has 0 heterocycles. The topological polar surface area (TPSA) is 12.0 Å². The summed E-state index contributed by atoms with van der Waals surface area (Å²) in [5.74, 6) is 1.96. The average molecular weight is 181 g/mol. The van der Waals surface area contributed by atoms with Gasteiger partial charge in [0.05, 0.1) is 0 Å². The highest BCUT2D eigenvalue weighted by Crippen LogP contribution is 2.30. The van der Waals surface area contributed by atoms with Crippen molar-refractivity contribution in [2.75, 3.05) is 6.54 Å². The summed E-state index contributed by atoms with van der Waals surface area (Å²) in [5, 5.41) is 3.70. The van der Waals surface area contributed by atoms with Gasteiger partial charge < -0.3 is 5.32 Å². The normalized spacial score (nSPS) is 35.8. The van der Waals surface area contributed by atoms with Crippen molar-refractivity contribution in [3.8, 4) is 0 Å². The number of rotatable bonds is 3. The van der Waals surface area contributed by atoms with E-state index in [9.17, 15) is 0 Å². The zero-order valence-corrected chi connectivity index (χ0v) is 8.89. The second-order valence-corrected chi connectivity index (χ2v) is 5.09. The summed E-state index contributed by atoms with van der Waals surface area (Å²) in [4.78, 5) is 0. The number of hydrogen-bond donors (Lipinski definition) is 1.